The number of aromatic nitrogens is 3. The predicted octanol–water partition coefficient (Wildman–Crippen LogP) is 0.278. The molecule has 2 aromatic heterocycles. The zero-order chi connectivity index (χ0) is 11.7. The summed E-state index contributed by atoms with van der Waals surface area (Å²) in [4.78, 5) is 11.3. The van der Waals surface area contributed by atoms with E-state index >= 15 is 0 Å². The summed E-state index contributed by atoms with van der Waals surface area (Å²) in [6, 6.07) is 3.24. The van der Waals surface area contributed by atoms with Crippen LogP contribution in [0.5, 0.6) is 0 Å². The van der Waals surface area contributed by atoms with Crippen LogP contribution < -0.4 is 5.56 Å². The van der Waals surface area contributed by atoms with Crippen molar-refractivity contribution in [3.8, 4) is 11.1 Å². The van der Waals surface area contributed by atoms with E-state index in [0.29, 0.717) is 5.69 Å². The van der Waals surface area contributed by atoms with E-state index in [1.54, 1.807) is 31.0 Å². The molecule has 0 unspecified atom stereocenters. The maximum absolute atomic E-state index is 11.3. The van der Waals surface area contributed by atoms with Crippen LogP contribution in [0.3, 0.4) is 0 Å². The highest BCUT2D eigenvalue weighted by Crippen LogP contribution is 2.21. The molecule has 2 rings (SSSR count). The molecule has 2 aromatic rings. The third-order valence-electron chi connectivity index (χ3n) is 2.45. The van der Waals surface area contributed by atoms with Gasteiger partial charge in [-0.15, -0.1) is 0 Å². The Labute approximate surface area is 92.6 Å². The number of pyridine rings is 1. The van der Waals surface area contributed by atoms with E-state index in [4.69, 9.17) is 0 Å². The van der Waals surface area contributed by atoms with Gasteiger partial charge in [-0.25, -0.2) is 0 Å². The van der Waals surface area contributed by atoms with Gasteiger partial charge >= 0.3 is 0 Å². The molecule has 0 saturated heterocycles. The van der Waals surface area contributed by atoms with Gasteiger partial charge in [0, 0.05) is 43.7 Å². The van der Waals surface area contributed by atoms with Crippen LogP contribution in [-0.2, 0) is 20.7 Å². The summed E-state index contributed by atoms with van der Waals surface area (Å²) in [7, 11) is 3.49. The minimum absolute atomic E-state index is 0.0572. The van der Waals surface area contributed by atoms with E-state index in [1.165, 1.54) is 10.6 Å². The highest BCUT2D eigenvalue weighted by Gasteiger charge is 2.09. The molecular formula is C11H13N3O2. The number of rotatable bonds is 2. The molecule has 0 aromatic carbocycles. The van der Waals surface area contributed by atoms with Crippen LogP contribution >= 0.6 is 0 Å². The van der Waals surface area contributed by atoms with Crippen molar-refractivity contribution in [3.63, 3.8) is 0 Å². The lowest BCUT2D eigenvalue weighted by Crippen LogP contribution is -2.14. The second kappa shape index (κ2) is 3.94. The van der Waals surface area contributed by atoms with Crippen molar-refractivity contribution in [1.29, 1.82) is 0 Å². The van der Waals surface area contributed by atoms with E-state index in [1.807, 2.05) is 6.20 Å². The predicted molar refractivity (Wildman–Crippen MR) is 59.8 cm³/mol. The molecule has 16 heavy (non-hydrogen) atoms. The third-order valence-corrected chi connectivity index (χ3v) is 2.45. The van der Waals surface area contributed by atoms with Crippen molar-refractivity contribution < 1.29 is 5.11 Å². The zero-order valence-corrected chi connectivity index (χ0v) is 9.21. The number of aliphatic hydroxyl groups is 1. The number of nitrogens with zero attached hydrogens (tertiary/aromatic N) is 3. The molecule has 1 N–H and O–H groups in total. The Kier molecular flexibility index (Phi) is 2.62. The van der Waals surface area contributed by atoms with Gasteiger partial charge in [0.2, 0.25) is 5.56 Å². The van der Waals surface area contributed by atoms with E-state index in [2.05, 4.69) is 5.10 Å². The highest BCUT2D eigenvalue weighted by atomic mass is 16.3. The number of hydrogen-bond acceptors (Lipinski definition) is 3. The third kappa shape index (κ3) is 1.77. The minimum atomic E-state index is -0.112. The summed E-state index contributed by atoms with van der Waals surface area (Å²) >= 11 is 0. The van der Waals surface area contributed by atoms with Gasteiger partial charge < -0.3 is 9.67 Å². The standard InChI is InChI=1S/C11H13N3O2/c1-13-5-8(3-4-11(13)16)9-6-14(2)12-10(9)7-15/h3-6,15H,7H2,1-2H3. The van der Waals surface area contributed by atoms with Crippen LogP contribution in [0.25, 0.3) is 11.1 Å². The van der Waals surface area contributed by atoms with Gasteiger partial charge in [0.05, 0.1) is 12.3 Å². The Morgan fingerprint density at radius 1 is 1.31 bits per heavy atom. The Balaban J connectivity index is 2.57. The Morgan fingerprint density at radius 2 is 2.06 bits per heavy atom. The Hall–Kier alpha value is -1.88. The number of aryl methyl sites for hydroxylation is 2. The SMILES string of the molecule is Cn1cc(-c2ccc(=O)n(C)c2)c(CO)n1. The lowest BCUT2D eigenvalue weighted by molar-refractivity contribution is 0.276. The first-order valence-electron chi connectivity index (χ1n) is 4.92. The fraction of sp³-hybridized carbons (Fsp3) is 0.273. The molecular weight excluding hydrogens is 206 g/mol. The molecule has 5 heteroatoms. The van der Waals surface area contributed by atoms with Gasteiger partial charge in [0.1, 0.15) is 0 Å². The first kappa shape index (κ1) is 10.6. The van der Waals surface area contributed by atoms with E-state index in [0.717, 1.165) is 11.1 Å². The summed E-state index contributed by atoms with van der Waals surface area (Å²) in [5, 5.41) is 13.3. The van der Waals surface area contributed by atoms with Gasteiger partial charge in [0.25, 0.3) is 0 Å². The second-order valence-electron chi connectivity index (χ2n) is 3.69. The molecule has 0 radical (unpaired) electrons. The van der Waals surface area contributed by atoms with Gasteiger partial charge in [-0.2, -0.15) is 5.10 Å². The van der Waals surface area contributed by atoms with Crippen LogP contribution in [0.15, 0.2) is 29.3 Å². The van der Waals surface area contributed by atoms with E-state index in [-0.39, 0.29) is 12.2 Å². The fourth-order valence-electron chi connectivity index (χ4n) is 1.65. The molecule has 2 heterocycles. The van der Waals surface area contributed by atoms with Gasteiger partial charge in [0.15, 0.2) is 0 Å². The van der Waals surface area contributed by atoms with Crippen LogP contribution in [-0.4, -0.2) is 19.5 Å². The average molecular weight is 219 g/mol. The zero-order valence-electron chi connectivity index (χ0n) is 9.21. The lowest BCUT2D eigenvalue weighted by atomic mass is 10.1. The Bertz CT molecular complexity index is 569. The monoisotopic (exact) mass is 219 g/mol. The quantitative estimate of drug-likeness (QED) is 0.789. The van der Waals surface area contributed by atoms with Crippen molar-refractivity contribution in [1.82, 2.24) is 14.3 Å². The molecule has 0 bridgehead atoms. The molecule has 0 amide bonds. The molecule has 0 aliphatic carbocycles. The van der Waals surface area contributed by atoms with E-state index in [9.17, 15) is 9.90 Å². The first-order valence-corrected chi connectivity index (χ1v) is 4.92. The molecule has 0 aliphatic rings. The van der Waals surface area contributed by atoms with Gasteiger partial charge in [-0.05, 0) is 6.07 Å². The molecule has 0 spiro atoms. The van der Waals surface area contributed by atoms with Crippen molar-refractivity contribution in [2.24, 2.45) is 14.1 Å². The van der Waals surface area contributed by atoms with Crippen molar-refractivity contribution in [2.75, 3.05) is 0 Å². The smallest absolute Gasteiger partial charge is 0.250 e. The van der Waals surface area contributed by atoms with Crippen molar-refractivity contribution >= 4 is 0 Å². The minimum Gasteiger partial charge on any atom is -0.390 e. The number of aliphatic hydroxyl groups excluding tert-OH is 1. The van der Waals surface area contributed by atoms with Crippen molar-refractivity contribution in [2.45, 2.75) is 6.61 Å². The van der Waals surface area contributed by atoms with Crippen LogP contribution in [0.4, 0.5) is 0 Å². The largest absolute Gasteiger partial charge is 0.390 e. The van der Waals surface area contributed by atoms with Crippen molar-refractivity contribution in [3.05, 3.63) is 40.6 Å². The normalized spacial score (nSPS) is 10.7. The van der Waals surface area contributed by atoms with Crippen LogP contribution in [0.1, 0.15) is 5.69 Å². The Morgan fingerprint density at radius 3 is 2.69 bits per heavy atom. The maximum atomic E-state index is 11.3. The molecule has 0 atom stereocenters. The summed E-state index contributed by atoms with van der Waals surface area (Å²) in [5.41, 5.74) is 2.28. The lowest BCUT2D eigenvalue weighted by Gasteiger charge is -2.02. The molecule has 5 nitrogen and oxygen atoms in total. The second-order valence-corrected chi connectivity index (χ2v) is 3.69. The number of hydrogen-bond donors (Lipinski definition) is 1. The molecule has 0 saturated carbocycles. The fourth-order valence-corrected chi connectivity index (χ4v) is 1.65. The van der Waals surface area contributed by atoms with Crippen LogP contribution in [0.2, 0.25) is 0 Å². The average Bonchev–Trinajstić information content (AvgIpc) is 2.63. The molecule has 84 valence electrons. The maximum Gasteiger partial charge on any atom is 0.250 e. The topological polar surface area (TPSA) is 60.0 Å². The van der Waals surface area contributed by atoms with Gasteiger partial charge in [-0.3, -0.25) is 9.48 Å². The summed E-state index contributed by atoms with van der Waals surface area (Å²) < 4.78 is 3.15. The molecule has 0 aliphatic heterocycles. The molecule has 0 fully saturated rings. The van der Waals surface area contributed by atoms with Gasteiger partial charge in [-0.1, -0.05) is 0 Å². The summed E-state index contributed by atoms with van der Waals surface area (Å²) in [5.74, 6) is 0. The summed E-state index contributed by atoms with van der Waals surface area (Å²) in [6.45, 7) is -0.112. The van der Waals surface area contributed by atoms with E-state index < -0.39 is 0 Å². The first-order chi connectivity index (χ1) is 7.61. The van der Waals surface area contributed by atoms with Crippen LogP contribution in [0, 0.1) is 0 Å². The summed E-state index contributed by atoms with van der Waals surface area (Å²) in [6.07, 6.45) is 3.56. The highest BCUT2D eigenvalue weighted by molar-refractivity contribution is 5.64.